The summed E-state index contributed by atoms with van der Waals surface area (Å²) in [5.74, 6) is 0.329. The van der Waals surface area contributed by atoms with Crippen LogP contribution in [-0.2, 0) is 0 Å². The summed E-state index contributed by atoms with van der Waals surface area (Å²) in [4.78, 5) is 0. The molecule has 0 bridgehead atoms. The van der Waals surface area contributed by atoms with Gasteiger partial charge in [-0.1, -0.05) is 66.9 Å². The highest BCUT2D eigenvalue weighted by Gasteiger charge is 1.82. The van der Waals surface area contributed by atoms with Crippen LogP contribution in [0.1, 0.15) is 30.5 Å². The Kier molecular flexibility index (Phi) is 8.38. The first-order valence-corrected chi connectivity index (χ1v) is 6.37. The van der Waals surface area contributed by atoms with E-state index in [2.05, 4.69) is 38.1 Å². The molecule has 0 aliphatic carbocycles. The third kappa shape index (κ3) is 7.50. The fraction of sp³-hybridized carbons (Fsp3) is 0.294. The molecule has 0 unspecified atom stereocenters. The molecule has 0 spiro atoms. The van der Waals surface area contributed by atoms with Crippen molar-refractivity contribution in [1.82, 2.24) is 0 Å². The van der Waals surface area contributed by atoms with Crippen LogP contribution in [0.4, 0.5) is 0 Å². The Morgan fingerprint density at radius 2 is 0.778 bits per heavy atom. The standard InChI is InChI=1S/C8H10.C7H8O.C2H6/c1-7-3-5-8(2)6-4-7;1-6-2-4-7(8)5-3-6;1-2/h3-6H,1-2H3;2-5,8H,1H3;1-2H3. The Labute approximate surface area is 111 Å². The maximum Gasteiger partial charge on any atom is 0.115 e. The van der Waals surface area contributed by atoms with Crippen molar-refractivity contribution < 1.29 is 5.11 Å². The molecular weight excluding hydrogens is 220 g/mol. The predicted molar refractivity (Wildman–Crippen MR) is 80.1 cm³/mol. The van der Waals surface area contributed by atoms with Gasteiger partial charge < -0.3 is 5.11 Å². The topological polar surface area (TPSA) is 20.2 Å². The highest BCUT2D eigenvalue weighted by atomic mass is 16.3. The summed E-state index contributed by atoms with van der Waals surface area (Å²) in [5.41, 5.74) is 3.83. The van der Waals surface area contributed by atoms with E-state index in [0.717, 1.165) is 0 Å². The number of rotatable bonds is 0. The third-order valence-corrected chi connectivity index (χ3v) is 2.25. The van der Waals surface area contributed by atoms with Crippen LogP contribution in [0.15, 0.2) is 48.5 Å². The van der Waals surface area contributed by atoms with Crippen LogP contribution in [-0.4, -0.2) is 5.11 Å². The van der Waals surface area contributed by atoms with Crippen LogP contribution >= 0.6 is 0 Å². The molecule has 2 aromatic rings. The van der Waals surface area contributed by atoms with Crippen molar-refractivity contribution in [3.8, 4) is 5.75 Å². The van der Waals surface area contributed by atoms with E-state index in [1.54, 1.807) is 12.1 Å². The lowest BCUT2D eigenvalue weighted by Crippen LogP contribution is -1.70. The van der Waals surface area contributed by atoms with Crippen molar-refractivity contribution in [3.05, 3.63) is 65.2 Å². The average molecular weight is 244 g/mol. The summed E-state index contributed by atoms with van der Waals surface area (Å²) in [7, 11) is 0. The van der Waals surface area contributed by atoms with Gasteiger partial charge in [0.2, 0.25) is 0 Å². The van der Waals surface area contributed by atoms with Crippen LogP contribution < -0.4 is 0 Å². The van der Waals surface area contributed by atoms with Gasteiger partial charge in [-0.05, 0) is 32.9 Å². The summed E-state index contributed by atoms with van der Waals surface area (Å²) in [6.45, 7) is 10.2. The molecule has 1 heteroatoms. The Morgan fingerprint density at radius 1 is 0.556 bits per heavy atom. The van der Waals surface area contributed by atoms with Crippen molar-refractivity contribution in [1.29, 1.82) is 0 Å². The largest absolute Gasteiger partial charge is 0.508 e. The van der Waals surface area contributed by atoms with Crippen molar-refractivity contribution in [2.45, 2.75) is 34.6 Å². The molecule has 2 aromatic carbocycles. The van der Waals surface area contributed by atoms with Gasteiger partial charge >= 0.3 is 0 Å². The molecule has 0 atom stereocenters. The second-order valence-electron chi connectivity index (χ2n) is 3.99. The van der Waals surface area contributed by atoms with E-state index < -0.39 is 0 Å². The number of hydrogen-bond acceptors (Lipinski definition) is 1. The van der Waals surface area contributed by atoms with Crippen LogP contribution in [0.25, 0.3) is 0 Å². The highest BCUT2D eigenvalue weighted by molar-refractivity contribution is 5.24. The molecule has 0 amide bonds. The van der Waals surface area contributed by atoms with E-state index in [0.29, 0.717) is 5.75 Å². The third-order valence-electron chi connectivity index (χ3n) is 2.25. The van der Waals surface area contributed by atoms with Gasteiger partial charge in [-0.3, -0.25) is 0 Å². The molecule has 1 nitrogen and oxygen atoms in total. The Morgan fingerprint density at radius 3 is 1.00 bits per heavy atom. The predicted octanol–water partition coefficient (Wildman–Crippen LogP) is 5.03. The molecule has 0 fully saturated rings. The average Bonchev–Trinajstić information content (AvgIpc) is 2.40. The molecular formula is C17H24O. The number of aromatic hydroxyl groups is 1. The zero-order valence-electron chi connectivity index (χ0n) is 12.1. The van der Waals surface area contributed by atoms with E-state index in [4.69, 9.17) is 5.11 Å². The molecule has 0 heterocycles. The summed E-state index contributed by atoms with van der Waals surface area (Å²) >= 11 is 0. The Hall–Kier alpha value is -1.76. The van der Waals surface area contributed by atoms with E-state index in [1.807, 2.05) is 32.9 Å². The minimum Gasteiger partial charge on any atom is -0.508 e. The molecule has 1 N–H and O–H groups in total. The number of aryl methyl sites for hydroxylation is 3. The van der Waals surface area contributed by atoms with Crippen LogP contribution in [0.5, 0.6) is 5.75 Å². The van der Waals surface area contributed by atoms with Crippen LogP contribution in [0.3, 0.4) is 0 Å². The monoisotopic (exact) mass is 244 g/mol. The second-order valence-corrected chi connectivity index (χ2v) is 3.99. The Bertz CT molecular complexity index is 327. The molecule has 0 aromatic heterocycles. The van der Waals surface area contributed by atoms with E-state index >= 15 is 0 Å². The van der Waals surface area contributed by atoms with Gasteiger partial charge in [0, 0.05) is 0 Å². The van der Waals surface area contributed by atoms with Crippen molar-refractivity contribution >= 4 is 0 Å². The fourth-order valence-corrected chi connectivity index (χ4v) is 1.18. The Balaban J connectivity index is 0.000000283. The smallest absolute Gasteiger partial charge is 0.115 e. The van der Waals surface area contributed by atoms with Gasteiger partial charge in [-0.25, -0.2) is 0 Å². The van der Waals surface area contributed by atoms with Crippen molar-refractivity contribution in [2.75, 3.05) is 0 Å². The highest BCUT2D eigenvalue weighted by Crippen LogP contribution is 2.07. The van der Waals surface area contributed by atoms with E-state index in [1.165, 1.54) is 16.7 Å². The van der Waals surface area contributed by atoms with Crippen LogP contribution in [0, 0.1) is 20.8 Å². The quantitative estimate of drug-likeness (QED) is 0.689. The van der Waals surface area contributed by atoms with Gasteiger partial charge in [0.25, 0.3) is 0 Å². The van der Waals surface area contributed by atoms with Crippen LogP contribution in [0.2, 0.25) is 0 Å². The molecule has 18 heavy (non-hydrogen) atoms. The minimum absolute atomic E-state index is 0.329. The first kappa shape index (κ1) is 16.2. The summed E-state index contributed by atoms with van der Waals surface area (Å²) < 4.78 is 0. The maximum absolute atomic E-state index is 8.76. The number of benzene rings is 2. The zero-order chi connectivity index (χ0) is 14.0. The van der Waals surface area contributed by atoms with Gasteiger partial charge in [0.1, 0.15) is 5.75 Å². The van der Waals surface area contributed by atoms with Crippen molar-refractivity contribution in [2.24, 2.45) is 0 Å². The summed E-state index contributed by atoms with van der Waals surface area (Å²) in [6.07, 6.45) is 0. The summed E-state index contributed by atoms with van der Waals surface area (Å²) in [6, 6.07) is 15.6. The fourth-order valence-electron chi connectivity index (χ4n) is 1.18. The molecule has 0 saturated heterocycles. The number of phenols is 1. The lowest BCUT2D eigenvalue weighted by molar-refractivity contribution is 0.475. The van der Waals surface area contributed by atoms with Gasteiger partial charge in [0.15, 0.2) is 0 Å². The first-order chi connectivity index (χ1) is 8.58. The molecule has 0 aliphatic heterocycles. The molecule has 98 valence electrons. The summed E-state index contributed by atoms with van der Waals surface area (Å²) in [5, 5.41) is 8.76. The second kappa shape index (κ2) is 9.29. The lowest BCUT2D eigenvalue weighted by Gasteiger charge is -1.90. The SMILES string of the molecule is CC.Cc1ccc(C)cc1.Cc1ccc(O)cc1. The molecule has 0 aliphatic rings. The normalized spacial score (nSPS) is 8.50. The zero-order valence-corrected chi connectivity index (χ0v) is 12.1. The first-order valence-electron chi connectivity index (χ1n) is 6.37. The van der Waals surface area contributed by atoms with Gasteiger partial charge in [0.05, 0.1) is 0 Å². The van der Waals surface area contributed by atoms with Crippen molar-refractivity contribution in [3.63, 3.8) is 0 Å². The molecule has 2 rings (SSSR count). The minimum atomic E-state index is 0.329. The molecule has 0 saturated carbocycles. The number of phenolic OH excluding ortho intramolecular Hbond substituents is 1. The number of hydrogen-bond donors (Lipinski definition) is 1. The van der Waals surface area contributed by atoms with Gasteiger partial charge in [-0.15, -0.1) is 0 Å². The lowest BCUT2D eigenvalue weighted by atomic mass is 10.2. The molecule has 0 radical (unpaired) electrons. The van der Waals surface area contributed by atoms with E-state index in [-0.39, 0.29) is 0 Å². The van der Waals surface area contributed by atoms with E-state index in [9.17, 15) is 0 Å². The maximum atomic E-state index is 8.76. The van der Waals surface area contributed by atoms with Gasteiger partial charge in [-0.2, -0.15) is 0 Å².